The van der Waals surface area contributed by atoms with Crippen molar-refractivity contribution < 1.29 is 4.42 Å². The molecule has 0 radical (unpaired) electrons. The van der Waals surface area contributed by atoms with E-state index in [1.807, 2.05) is 42.5 Å². The van der Waals surface area contributed by atoms with Crippen LogP contribution >= 0.6 is 23.2 Å². The van der Waals surface area contributed by atoms with Gasteiger partial charge in [-0.2, -0.15) is 15.0 Å². The number of rotatable bonds is 1. The first-order valence-corrected chi connectivity index (χ1v) is 6.95. The molecule has 0 unspecified atom stereocenters. The first kappa shape index (κ1) is 12.6. The lowest BCUT2D eigenvalue weighted by Crippen LogP contribution is -1.93. The van der Waals surface area contributed by atoms with E-state index in [9.17, 15) is 0 Å². The van der Waals surface area contributed by atoms with Crippen LogP contribution in [0.4, 0.5) is 0 Å². The quantitative estimate of drug-likeness (QED) is 0.509. The van der Waals surface area contributed by atoms with E-state index in [0.717, 1.165) is 27.5 Å². The van der Waals surface area contributed by atoms with Gasteiger partial charge < -0.3 is 4.42 Å². The summed E-state index contributed by atoms with van der Waals surface area (Å²) in [5.74, 6) is 0.437. The van der Waals surface area contributed by atoms with Crippen LogP contribution in [0, 0.1) is 0 Å². The highest BCUT2D eigenvalue weighted by molar-refractivity contribution is 6.31. The fraction of sp³-hybridized carbons (Fsp3) is 0. The second kappa shape index (κ2) is 4.69. The van der Waals surface area contributed by atoms with Gasteiger partial charge in [-0.25, -0.2) is 0 Å². The van der Waals surface area contributed by atoms with Crippen molar-refractivity contribution in [2.75, 3.05) is 0 Å². The molecule has 102 valence electrons. The van der Waals surface area contributed by atoms with Crippen LogP contribution in [0.2, 0.25) is 10.6 Å². The first-order valence-electron chi connectivity index (χ1n) is 6.19. The monoisotopic (exact) mass is 315 g/mol. The standard InChI is InChI=1S/C15H7Cl2N3O/c16-14-18-13(19-15(17)20-14)8-5-6-12-10(7-8)9-3-1-2-4-11(9)21-12/h1-7H. The molecule has 0 N–H and O–H groups in total. The molecule has 0 aliphatic heterocycles. The number of hydrogen-bond donors (Lipinski definition) is 0. The minimum absolute atomic E-state index is 0.0714. The zero-order valence-corrected chi connectivity index (χ0v) is 12.1. The topological polar surface area (TPSA) is 51.8 Å². The van der Waals surface area contributed by atoms with Gasteiger partial charge in [-0.05, 0) is 47.5 Å². The number of nitrogens with zero attached hydrogens (tertiary/aromatic N) is 3. The lowest BCUT2D eigenvalue weighted by Gasteiger charge is -2.01. The summed E-state index contributed by atoms with van der Waals surface area (Å²) in [6, 6.07) is 13.6. The molecule has 4 aromatic rings. The summed E-state index contributed by atoms with van der Waals surface area (Å²) < 4.78 is 5.79. The minimum atomic E-state index is 0.0714. The Hall–Kier alpha value is -2.17. The number of aromatic nitrogens is 3. The number of benzene rings is 2. The van der Waals surface area contributed by atoms with E-state index in [1.165, 1.54) is 0 Å². The van der Waals surface area contributed by atoms with Gasteiger partial charge in [-0.3, -0.25) is 0 Å². The Labute approximate surface area is 129 Å². The van der Waals surface area contributed by atoms with Gasteiger partial charge in [-0.1, -0.05) is 18.2 Å². The van der Waals surface area contributed by atoms with E-state index in [0.29, 0.717) is 5.82 Å². The van der Waals surface area contributed by atoms with Gasteiger partial charge in [0, 0.05) is 16.3 Å². The molecule has 0 aliphatic carbocycles. The first-order chi connectivity index (χ1) is 10.2. The Morgan fingerprint density at radius 3 is 2.29 bits per heavy atom. The third-order valence-electron chi connectivity index (χ3n) is 3.22. The van der Waals surface area contributed by atoms with Crippen LogP contribution in [0.1, 0.15) is 0 Å². The number of fused-ring (bicyclic) bond motifs is 3. The number of hydrogen-bond acceptors (Lipinski definition) is 4. The summed E-state index contributed by atoms with van der Waals surface area (Å²) in [6.45, 7) is 0. The van der Waals surface area contributed by atoms with Crippen molar-refractivity contribution in [3.05, 3.63) is 53.0 Å². The average Bonchev–Trinajstić information content (AvgIpc) is 2.84. The van der Waals surface area contributed by atoms with Crippen LogP contribution in [0.5, 0.6) is 0 Å². The zero-order chi connectivity index (χ0) is 14.4. The van der Waals surface area contributed by atoms with Gasteiger partial charge in [-0.15, -0.1) is 0 Å². The van der Waals surface area contributed by atoms with Gasteiger partial charge in [0.2, 0.25) is 10.6 Å². The van der Waals surface area contributed by atoms with Crippen molar-refractivity contribution in [3.63, 3.8) is 0 Å². The van der Waals surface area contributed by atoms with Gasteiger partial charge >= 0.3 is 0 Å². The summed E-state index contributed by atoms with van der Waals surface area (Å²) in [6.07, 6.45) is 0. The largest absolute Gasteiger partial charge is 0.456 e. The Kier molecular flexibility index (Phi) is 2.80. The lowest BCUT2D eigenvalue weighted by molar-refractivity contribution is 0.669. The van der Waals surface area contributed by atoms with Gasteiger partial charge in [0.05, 0.1) is 0 Å². The van der Waals surface area contributed by atoms with Crippen molar-refractivity contribution in [2.45, 2.75) is 0 Å². The third-order valence-corrected chi connectivity index (χ3v) is 3.55. The molecule has 4 rings (SSSR count). The summed E-state index contributed by atoms with van der Waals surface area (Å²) in [7, 11) is 0. The predicted molar refractivity (Wildman–Crippen MR) is 82.6 cm³/mol. The highest BCUT2D eigenvalue weighted by atomic mass is 35.5. The van der Waals surface area contributed by atoms with E-state index >= 15 is 0 Å². The van der Waals surface area contributed by atoms with E-state index in [-0.39, 0.29) is 10.6 Å². The molecule has 0 atom stereocenters. The van der Waals surface area contributed by atoms with Crippen LogP contribution in [0.3, 0.4) is 0 Å². The molecule has 6 heteroatoms. The second-order valence-electron chi connectivity index (χ2n) is 4.51. The molecule has 2 aromatic carbocycles. The van der Waals surface area contributed by atoms with Crippen LogP contribution in [-0.4, -0.2) is 15.0 Å². The smallest absolute Gasteiger partial charge is 0.227 e. The SMILES string of the molecule is Clc1nc(Cl)nc(-c2ccc3oc4ccccc4c3c2)n1. The summed E-state index contributed by atoms with van der Waals surface area (Å²) >= 11 is 11.7. The fourth-order valence-corrected chi connectivity index (χ4v) is 2.68. The molecule has 0 amide bonds. The Balaban J connectivity index is 1.99. The van der Waals surface area contributed by atoms with Crippen molar-refractivity contribution >= 4 is 45.1 Å². The van der Waals surface area contributed by atoms with Crippen molar-refractivity contribution in [2.24, 2.45) is 0 Å². The molecule has 4 nitrogen and oxygen atoms in total. The van der Waals surface area contributed by atoms with Crippen LogP contribution in [0.25, 0.3) is 33.3 Å². The van der Waals surface area contributed by atoms with Gasteiger partial charge in [0.15, 0.2) is 5.82 Å². The van der Waals surface area contributed by atoms with E-state index in [4.69, 9.17) is 27.6 Å². The number of furan rings is 1. The van der Waals surface area contributed by atoms with E-state index < -0.39 is 0 Å². The van der Waals surface area contributed by atoms with Gasteiger partial charge in [0.25, 0.3) is 0 Å². The molecule has 21 heavy (non-hydrogen) atoms. The van der Waals surface area contributed by atoms with Crippen molar-refractivity contribution in [1.29, 1.82) is 0 Å². The van der Waals surface area contributed by atoms with Gasteiger partial charge in [0.1, 0.15) is 11.2 Å². The van der Waals surface area contributed by atoms with Crippen LogP contribution in [0.15, 0.2) is 46.9 Å². The Morgan fingerprint density at radius 1 is 0.762 bits per heavy atom. The zero-order valence-electron chi connectivity index (χ0n) is 10.5. The summed E-state index contributed by atoms with van der Waals surface area (Å²) in [5, 5.41) is 2.18. The molecule has 0 fully saturated rings. The lowest BCUT2D eigenvalue weighted by atomic mass is 10.1. The van der Waals surface area contributed by atoms with E-state index in [1.54, 1.807) is 0 Å². The molecule has 0 saturated carbocycles. The molecule has 2 heterocycles. The molecule has 0 spiro atoms. The third kappa shape index (κ3) is 2.13. The fourth-order valence-electron chi connectivity index (χ4n) is 2.32. The molecular formula is C15H7Cl2N3O. The Morgan fingerprint density at radius 2 is 1.48 bits per heavy atom. The van der Waals surface area contributed by atoms with Crippen molar-refractivity contribution in [3.8, 4) is 11.4 Å². The molecular weight excluding hydrogens is 309 g/mol. The maximum atomic E-state index is 5.83. The minimum Gasteiger partial charge on any atom is -0.456 e. The Bertz CT molecular complexity index is 961. The second-order valence-corrected chi connectivity index (χ2v) is 5.18. The van der Waals surface area contributed by atoms with E-state index in [2.05, 4.69) is 15.0 Å². The molecule has 0 saturated heterocycles. The number of para-hydroxylation sites is 1. The maximum Gasteiger partial charge on any atom is 0.227 e. The molecule has 0 bridgehead atoms. The number of halogens is 2. The highest BCUT2D eigenvalue weighted by Crippen LogP contribution is 2.31. The van der Waals surface area contributed by atoms with Crippen LogP contribution < -0.4 is 0 Å². The molecule has 0 aliphatic rings. The van der Waals surface area contributed by atoms with Crippen LogP contribution in [-0.2, 0) is 0 Å². The maximum absolute atomic E-state index is 5.83. The molecule has 2 aromatic heterocycles. The van der Waals surface area contributed by atoms with Crippen molar-refractivity contribution in [1.82, 2.24) is 15.0 Å². The summed E-state index contributed by atoms with van der Waals surface area (Å²) in [5.41, 5.74) is 2.46. The predicted octanol–water partition coefficient (Wildman–Crippen LogP) is 4.74. The highest BCUT2D eigenvalue weighted by Gasteiger charge is 2.10. The normalized spacial score (nSPS) is 11.3. The summed E-state index contributed by atoms with van der Waals surface area (Å²) in [4.78, 5) is 12.0. The average molecular weight is 316 g/mol.